The molecule has 1 saturated carbocycles. The minimum atomic E-state index is -0.276. The highest BCUT2D eigenvalue weighted by Gasteiger charge is 2.23. The summed E-state index contributed by atoms with van der Waals surface area (Å²) in [4.78, 5) is 0. The van der Waals surface area contributed by atoms with E-state index in [0.717, 1.165) is 47.3 Å². The van der Waals surface area contributed by atoms with Crippen molar-refractivity contribution in [3.63, 3.8) is 0 Å². The largest absolute Gasteiger partial charge is 0.391 e. The van der Waals surface area contributed by atoms with Crippen LogP contribution < -0.4 is 5.32 Å². The van der Waals surface area contributed by atoms with Crippen LogP contribution in [0, 0.1) is 0 Å². The van der Waals surface area contributed by atoms with Crippen molar-refractivity contribution < 1.29 is 5.11 Å². The molecule has 1 aliphatic rings. The first-order chi connectivity index (χ1) is 10.2. The molecule has 0 saturated heterocycles. The normalized spacial score (nSPS) is 22.2. The molecule has 2 aromatic rings. The summed E-state index contributed by atoms with van der Waals surface area (Å²) >= 11 is 7.43. The van der Waals surface area contributed by atoms with Crippen molar-refractivity contribution in [3.05, 3.63) is 39.9 Å². The van der Waals surface area contributed by atoms with Gasteiger partial charge in [0.25, 0.3) is 0 Å². The Morgan fingerprint density at radius 2 is 1.95 bits per heavy atom. The summed E-state index contributed by atoms with van der Waals surface area (Å²) in [5.41, 5.74) is 1.17. The van der Waals surface area contributed by atoms with Crippen LogP contribution in [-0.4, -0.2) is 27.4 Å². The lowest BCUT2D eigenvalue weighted by molar-refractivity contribution is 0.116. The van der Waals surface area contributed by atoms with Gasteiger partial charge >= 0.3 is 0 Å². The summed E-state index contributed by atoms with van der Waals surface area (Å²) in [5.74, 6) is 0. The van der Waals surface area contributed by atoms with Crippen LogP contribution >= 0.6 is 22.9 Å². The van der Waals surface area contributed by atoms with Crippen molar-refractivity contribution in [1.82, 2.24) is 10.2 Å². The average Bonchev–Trinajstić information content (AvgIpc) is 2.91. The number of rotatable bonds is 4. The Labute approximate surface area is 133 Å². The highest BCUT2D eigenvalue weighted by molar-refractivity contribution is 7.15. The number of nitrogens with zero attached hydrogens (tertiary/aromatic N) is 2. The number of aliphatic hydroxyl groups excluding tert-OH is 1. The van der Waals surface area contributed by atoms with E-state index in [9.17, 15) is 5.11 Å². The van der Waals surface area contributed by atoms with Gasteiger partial charge in [0.2, 0.25) is 5.13 Å². The van der Waals surface area contributed by atoms with E-state index >= 15 is 0 Å². The topological polar surface area (TPSA) is 58.0 Å². The molecule has 1 fully saturated rings. The van der Waals surface area contributed by atoms with Crippen LogP contribution in [0.15, 0.2) is 24.3 Å². The quantitative estimate of drug-likeness (QED) is 0.904. The Morgan fingerprint density at radius 1 is 1.19 bits per heavy atom. The Kier molecular flexibility index (Phi) is 4.73. The lowest BCUT2D eigenvalue weighted by atomic mass is 9.93. The van der Waals surface area contributed by atoms with Gasteiger partial charge in [0, 0.05) is 11.4 Å². The molecule has 2 atom stereocenters. The number of aromatic nitrogens is 2. The number of hydrogen-bond acceptors (Lipinski definition) is 5. The van der Waals surface area contributed by atoms with Crippen molar-refractivity contribution >= 4 is 28.1 Å². The van der Waals surface area contributed by atoms with Gasteiger partial charge in [0.1, 0.15) is 5.01 Å². The Hall–Kier alpha value is -1.17. The molecule has 1 aromatic heterocycles. The van der Waals surface area contributed by atoms with E-state index in [1.54, 1.807) is 11.3 Å². The lowest BCUT2D eigenvalue weighted by Gasteiger charge is -2.27. The fourth-order valence-electron chi connectivity index (χ4n) is 2.60. The predicted octanol–water partition coefficient (Wildman–Crippen LogP) is 3.50. The van der Waals surface area contributed by atoms with Crippen LogP contribution in [0.1, 0.15) is 36.3 Å². The molecule has 0 aliphatic heterocycles. The number of hydrogen-bond donors (Lipinski definition) is 2. The highest BCUT2D eigenvalue weighted by atomic mass is 35.5. The van der Waals surface area contributed by atoms with Gasteiger partial charge in [-0.15, -0.1) is 10.2 Å². The third-order valence-corrected chi connectivity index (χ3v) is 4.88. The molecule has 0 bridgehead atoms. The molecule has 0 radical (unpaired) electrons. The SMILES string of the molecule is OC1CCCCC1Nc1nnc(Cc2ccc(Cl)cc2)s1. The summed E-state index contributed by atoms with van der Waals surface area (Å²) in [5, 5.41) is 24.2. The standard InChI is InChI=1S/C15H18ClN3OS/c16-11-7-5-10(6-8-11)9-14-18-19-15(21-14)17-12-3-1-2-4-13(12)20/h5-8,12-13,20H,1-4,9H2,(H,17,19). The van der Waals surface area contributed by atoms with E-state index in [1.807, 2.05) is 24.3 Å². The van der Waals surface area contributed by atoms with Gasteiger partial charge < -0.3 is 10.4 Å². The van der Waals surface area contributed by atoms with Crippen molar-refractivity contribution in [3.8, 4) is 0 Å². The fraction of sp³-hybridized carbons (Fsp3) is 0.467. The minimum Gasteiger partial charge on any atom is -0.391 e. The molecule has 1 aliphatic carbocycles. The maximum atomic E-state index is 9.98. The number of benzene rings is 1. The van der Waals surface area contributed by atoms with Crippen LogP contribution in [0.4, 0.5) is 5.13 Å². The summed E-state index contributed by atoms with van der Waals surface area (Å²) in [6, 6.07) is 7.88. The van der Waals surface area contributed by atoms with E-state index < -0.39 is 0 Å². The van der Waals surface area contributed by atoms with Crippen molar-refractivity contribution in [2.45, 2.75) is 44.2 Å². The number of halogens is 1. The highest BCUT2D eigenvalue weighted by Crippen LogP contribution is 2.25. The summed E-state index contributed by atoms with van der Waals surface area (Å²) in [6.07, 6.45) is 4.61. The van der Waals surface area contributed by atoms with Gasteiger partial charge in [-0.25, -0.2) is 0 Å². The lowest BCUT2D eigenvalue weighted by Crippen LogP contribution is -2.36. The molecule has 2 unspecified atom stereocenters. The summed E-state index contributed by atoms with van der Waals surface area (Å²) < 4.78 is 0. The zero-order valence-electron chi connectivity index (χ0n) is 11.6. The Balaban J connectivity index is 1.61. The molecule has 0 amide bonds. The van der Waals surface area contributed by atoms with E-state index in [-0.39, 0.29) is 12.1 Å². The minimum absolute atomic E-state index is 0.107. The number of nitrogens with one attached hydrogen (secondary N) is 1. The zero-order chi connectivity index (χ0) is 14.7. The van der Waals surface area contributed by atoms with Gasteiger partial charge in [-0.1, -0.05) is 47.9 Å². The van der Waals surface area contributed by atoms with Crippen molar-refractivity contribution in [1.29, 1.82) is 0 Å². The molecule has 112 valence electrons. The molecular formula is C15H18ClN3OS. The van der Waals surface area contributed by atoms with Crippen LogP contribution in [0.25, 0.3) is 0 Å². The summed E-state index contributed by atoms with van der Waals surface area (Å²) in [7, 11) is 0. The van der Waals surface area contributed by atoms with Gasteiger partial charge in [-0.2, -0.15) is 0 Å². The molecule has 1 aromatic carbocycles. The predicted molar refractivity (Wildman–Crippen MR) is 86.1 cm³/mol. The van der Waals surface area contributed by atoms with Crippen molar-refractivity contribution in [2.24, 2.45) is 0 Å². The second-order valence-corrected chi connectivity index (χ2v) is 6.91. The first kappa shape index (κ1) is 14.8. The molecule has 6 heteroatoms. The monoisotopic (exact) mass is 323 g/mol. The molecule has 1 heterocycles. The average molecular weight is 324 g/mol. The maximum absolute atomic E-state index is 9.98. The van der Waals surface area contributed by atoms with E-state index in [1.165, 1.54) is 5.56 Å². The molecule has 21 heavy (non-hydrogen) atoms. The van der Waals surface area contributed by atoms with Crippen LogP contribution in [0.5, 0.6) is 0 Å². The smallest absolute Gasteiger partial charge is 0.205 e. The first-order valence-corrected chi connectivity index (χ1v) is 8.41. The third-order valence-electron chi connectivity index (χ3n) is 3.77. The van der Waals surface area contributed by atoms with Gasteiger partial charge in [0.05, 0.1) is 12.1 Å². The maximum Gasteiger partial charge on any atom is 0.205 e. The number of aliphatic hydroxyl groups is 1. The Bertz CT molecular complexity index is 587. The second-order valence-electron chi connectivity index (χ2n) is 5.41. The molecule has 4 nitrogen and oxygen atoms in total. The molecule has 0 spiro atoms. The van der Waals surface area contributed by atoms with E-state index in [2.05, 4.69) is 15.5 Å². The van der Waals surface area contributed by atoms with Gasteiger partial charge in [-0.05, 0) is 30.5 Å². The fourth-order valence-corrected chi connectivity index (χ4v) is 3.56. The van der Waals surface area contributed by atoms with Crippen LogP contribution in [0.3, 0.4) is 0 Å². The Morgan fingerprint density at radius 3 is 2.71 bits per heavy atom. The van der Waals surface area contributed by atoms with Crippen LogP contribution in [0.2, 0.25) is 5.02 Å². The first-order valence-electron chi connectivity index (χ1n) is 7.22. The van der Waals surface area contributed by atoms with Crippen LogP contribution in [-0.2, 0) is 6.42 Å². The zero-order valence-corrected chi connectivity index (χ0v) is 13.2. The second kappa shape index (κ2) is 6.73. The molecular weight excluding hydrogens is 306 g/mol. The number of anilines is 1. The van der Waals surface area contributed by atoms with E-state index in [0.29, 0.717) is 0 Å². The van der Waals surface area contributed by atoms with Gasteiger partial charge in [-0.3, -0.25) is 0 Å². The molecule has 2 N–H and O–H groups in total. The molecule has 3 rings (SSSR count). The third kappa shape index (κ3) is 3.93. The summed E-state index contributed by atoms with van der Waals surface area (Å²) in [6.45, 7) is 0. The van der Waals surface area contributed by atoms with E-state index in [4.69, 9.17) is 11.6 Å². The van der Waals surface area contributed by atoms with Crippen molar-refractivity contribution in [2.75, 3.05) is 5.32 Å². The van der Waals surface area contributed by atoms with Gasteiger partial charge in [0.15, 0.2) is 0 Å².